The Morgan fingerprint density at radius 2 is 0.814 bits per heavy atom. The van der Waals surface area contributed by atoms with E-state index in [1.54, 1.807) is 0 Å². The number of hydrogen-bond acceptors (Lipinski definition) is 8. The number of likely N-dealkylation sites (N-methyl/N-ethyl adjacent to an activating group) is 1. The van der Waals surface area contributed by atoms with Gasteiger partial charge in [0.05, 0.1) is 40.3 Å². The molecule has 0 fully saturated rings. The minimum Gasteiger partial charge on any atom is -0.545 e. The lowest BCUT2D eigenvalue weighted by molar-refractivity contribution is -0.870. The molecular formula is C61H103NO8. The number of carboxylic acid groups (broad SMARTS) is 1. The normalized spacial score (nSPS) is 13.6. The summed E-state index contributed by atoms with van der Waals surface area (Å²) in [6.45, 7) is 4.59. The zero-order valence-electron chi connectivity index (χ0n) is 45.4. The molecule has 0 spiro atoms. The molecule has 0 saturated heterocycles. The molecule has 0 aromatic carbocycles. The summed E-state index contributed by atoms with van der Waals surface area (Å²) in [5, 5.41) is 11.8. The largest absolute Gasteiger partial charge is 0.545 e. The van der Waals surface area contributed by atoms with Crippen molar-refractivity contribution in [2.45, 2.75) is 225 Å². The van der Waals surface area contributed by atoms with Crippen molar-refractivity contribution in [3.05, 3.63) is 97.2 Å². The van der Waals surface area contributed by atoms with Crippen molar-refractivity contribution < 1.29 is 42.9 Å². The van der Waals surface area contributed by atoms with Gasteiger partial charge in [-0.25, -0.2) is 0 Å². The number of carboxylic acids is 1. The van der Waals surface area contributed by atoms with Gasteiger partial charge in [0.25, 0.3) is 0 Å². The molecule has 0 aliphatic heterocycles. The van der Waals surface area contributed by atoms with E-state index < -0.39 is 24.3 Å². The Labute approximate surface area is 429 Å². The van der Waals surface area contributed by atoms with Crippen LogP contribution in [-0.2, 0) is 33.3 Å². The van der Waals surface area contributed by atoms with Gasteiger partial charge >= 0.3 is 11.9 Å². The number of ether oxygens (including phenoxy) is 4. The predicted octanol–water partition coefficient (Wildman–Crippen LogP) is 14.8. The van der Waals surface area contributed by atoms with Crippen LogP contribution in [0.1, 0.15) is 213 Å². The minimum absolute atomic E-state index is 0.140. The first kappa shape index (κ1) is 66.2. The summed E-state index contributed by atoms with van der Waals surface area (Å²) in [5.74, 6) is -2.31. The van der Waals surface area contributed by atoms with E-state index in [-0.39, 0.29) is 38.6 Å². The van der Waals surface area contributed by atoms with Gasteiger partial charge in [0.1, 0.15) is 13.2 Å². The Balaban J connectivity index is 4.33. The smallest absolute Gasteiger partial charge is 0.306 e. The topological polar surface area (TPSA) is 111 Å². The van der Waals surface area contributed by atoms with Crippen molar-refractivity contribution >= 4 is 17.9 Å². The third-order valence-electron chi connectivity index (χ3n) is 11.6. The Kier molecular flexibility index (Phi) is 48.8. The van der Waals surface area contributed by atoms with Gasteiger partial charge < -0.3 is 33.3 Å². The Morgan fingerprint density at radius 1 is 0.443 bits per heavy atom. The highest BCUT2D eigenvalue weighted by atomic mass is 16.7. The van der Waals surface area contributed by atoms with E-state index in [1.807, 2.05) is 21.1 Å². The number of nitrogens with zero attached hydrogens (tertiary/aromatic N) is 1. The third-order valence-corrected chi connectivity index (χ3v) is 11.6. The van der Waals surface area contributed by atoms with Crippen LogP contribution in [-0.4, -0.2) is 82.3 Å². The first-order valence-electron chi connectivity index (χ1n) is 27.9. The van der Waals surface area contributed by atoms with E-state index in [4.69, 9.17) is 18.9 Å². The van der Waals surface area contributed by atoms with Gasteiger partial charge in [0.15, 0.2) is 12.4 Å². The molecule has 2 unspecified atom stereocenters. The van der Waals surface area contributed by atoms with E-state index in [9.17, 15) is 19.5 Å². The first-order chi connectivity index (χ1) is 34.1. The molecule has 0 saturated carbocycles. The van der Waals surface area contributed by atoms with Crippen LogP contribution in [0.4, 0.5) is 0 Å². The Bertz CT molecular complexity index is 1470. The lowest BCUT2D eigenvalue weighted by atomic mass is 10.1. The quantitative estimate of drug-likeness (QED) is 0.0195. The molecule has 0 N–H and O–H groups in total. The van der Waals surface area contributed by atoms with Crippen molar-refractivity contribution in [1.29, 1.82) is 0 Å². The summed E-state index contributed by atoms with van der Waals surface area (Å²) in [4.78, 5) is 37.2. The molecule has 0 heterocycles. The second-order valence-electron chi connectivity index (χ2n) is 19.5. The second kappa shape index (κ2) is 51.6. The van der Waals surface area contributed by atoms with Gasteiger partial charge in [-0.1, -0.05) is 201 Å². The van der Waals surface area contributed by atoms with E-state index in [2.05, 4.69) is 111 Å². The lowest BCUT2D eigenvalue weighted by Gasteiger charge is -2.26. The zero-order valence-corrected chi connectivity index (χ0v) is 45.4. The van der Waals surface area contributed by atoms with Crippen molar-refractivity contribution in [2.75, 3.05) is 47.5 Å². The summed E-state index contributed by atoms with van der Waals surface area (Å²) in [5.41, 5.74) is 0. The van der Waals surface area contributed by atoms with Crippen molar-refractivity contribution in [3.63, 3.8) is 0 Å². The van der Waals surface area contributed by atoms with Gasteiger partial charge in [0, 0.05) is 12.8 Å². The summed E-state index contributed by atoms with van der Waals surface area (Å²) >= 11 is 0. The average Bonchev–Trinajstić information content (AvgIpc) is 3.33. The molecule has 0 aromatic heterocycles. The summed E-state index contributed by atoms with van der Waals surface area (Å²) in [6, 6.07) is 0. The van der Waals surface area contributed by atoms with Gasteiger partial charge in [-0.2, -0.15) is 0 Å². The fourth-order valence-corrected chi connectivity index (χ4v) is 7.27. The number of aliphatic carboxylic acids is 1. The monoisotopic (exact) mass is 978 g/mol. The zero-order chi connectivity index (χ0) is 51.3. The molecule has 400 valence electrons. The number of esters is 2. The van der Waals surface area contributed by atoms with Crippen molar-refractivity contribution in [3.8, 4) is 0 Å². The molecule has 9 heteroatoms. The Hall–Kier alpha value is -3.79. The number of hydrogen-bond donors (Lipinski definition) is 0. The van der Waals surface area contributed by atoms with Crippen LogP contribution in [0.25, 0.3) is 0 Å². The number of rotatable bonds is 50. The minimum atomic E-state index is -1.63. The molecular weight excluding hydrogens is 875 g/mol. The maximum Gasteiger partial charge on any atom is 0.306 e. The molecule has 70 heavy (non-hydrogen) atoms. The van der Waals surface area contributed by atoms with Gasteiger partial charge in [-0.15, -0.1) is 0 Å². The predicted molar refractivity (Wildman–Crippen MR) is 292 cm³/mol. The van der Waals surface area contributed by atoms with E-state index in [1.165, 1.54) is 77.0 Å². The number of carbonyl (C=O) groups is 3. The Morgan fingerprint density at radius 3 is 1.21 bits per heavy atom. The molecule has 0 amide bonds. The number of carbonyl (C=O) groups excluding carboxylic acids is 3. The standard InChI is InChI=1S/C61H103NO8/c1-6-8-10-12-14-16-18-20-22-24-26-27-28-29-30-31-32-33-34-36-38-40-42-44-46-48-50-52-59(64)70-57(56-69-61(60(65)66)67-54-53-62(3,4)5)55-68-58(63)51-49-47-45-43-41-39-37-35-25-23-21-19-17-15-13-11-9-7-2/h8,10,14,16-17,19-20,22-23,25-27,29-30,32-33,57,61H,6-7,9,11-13,15,18,21,24,28,31,34-56H2,1-5H3/b10-8-,16-14-,19-17-,22-20-,25-23-,27-26-,30-29-,33-32-. The molecule has 0 bridgehead atoms. The van der Waals surface area contributed by atoms with Crippen LogP contribution < -0.4 is 5.11 Å². The van der Waals surface area contributed by atoms with Crippen LogP contribution in [0.5, 0.6) is 0 Å². The highest BCUT2D eigenvalue weighted by molar-refractivity contribution is 5.70. The SMILES string of the molecule is CC/C=C\C/C=C\C/C=C\C/C=C\C/C=C\C/C=C\CCCCCCCCCCC(=O)OC(COC(=O)CCCCCCCCC/C=C\C/C=C\CCCCCC)COC(OCC[N+](C)(C)C)C(=O)[O-]. The van der Waals surface area contributed by atoms with E-state index in [0.717, 1.165) is 103 Å². The highest BCUT2D eigenvalue weighted by Gasteiger charge is 2.22. The highest BCUT2D eigenvalue weighted by Crippen LogP contribution is 2.14. The number of quaternary nitrogens is 1. The molecule has 0 rings (SSSR count). The van der Waals surface area contributed by atoms with E-state index in [0.29, 0.717) is 17.4 Å². The molecule has 0 aromatic rings. The average molecular weight is 978 g/mol. The number of unbranched alkanes of at least 4 members (excludes halogenated alkanes) is 19. The number of allylic oxidation sites excluding steroid dienone is 16. The van der Waals surface area contributed by atoms with Crippen molar-refractivity contribution in [2.24, 2.45) is 0 Å². The summed E-state index contributed by atoms with van der Waals surface area (Å²) in [6.07, 6.45) is 65.8. The molecule has 2 atom stereocenters. The summed E-state index contributed by atoms with van der Waals surface area (Å²) in [7, 11) is 5.91. The van der Waals surface area contributed by atoms with Crippen molar-refractivity contribution in [1.82, 2.24) is 0 Å². The molecule has 0 aliphatic rings. The van der Waals surface area contributed by atoms with E-state index >= 15 is 0 Å². The fourth-order valence-electron chi connectivity index (χ4n) is 7.27. The lowest BCUT2D eigenvalue weighted by Crippen LogP contribution is -2.44. The van der Waals surface area contributed by atoms with Gasteiger partial charge in [0.2, 0.25) is 0 Å². The molecule has 0 aliphatic carbocycles. The van der Waals surface area contributed by atoms with Gasteiger partial charge in [-0.3, -0.25) is 9.59 Å². The van der Waals surface area contributed by atoms with Gasteiger partial charge in [-0.05, 0) is 96.3 Å². The third kappa shape index (κ3) is 52.0. The van der Waals surface area contributed by atoms with Crippen LogP contribution in [0.15, 0.2) is 97.2 Å². The van der Waals surface area contributed by atoms with Crippen LogP contribution in [0.2, 0.25) is 0 Å². The van der Waals surface area contributed by atoms with Crippen LogP contribution in [0, 0.1) is 0 Å². The second-order valence-corrected chi connectivity index (χ2v) is 19.5. The van der Waals surface area contributed by atoms with Crippen LogP contribution >= 0.6 is 0 Å². The fraction of sp³-hybridized carbons (Fsp3) is 0.689. The molecule has 9 nitrogen and oxygen atoms in total. The summed E-state index contributed by atoms with van der Waals surface area (Å²) < 4.78 is 22.7. The maximum atomic E-state index is 12.9. The van der Waals surface area contributed by atoms with Crippen LogP contribution in [0.3, 0.4) is 0 Å². The first-order valence-corrected chi connectivity index (χ1v) is 27.9. The maximum absolute atomic E-state index is 12.9. The molecule has 0 radical (unpaired) electrons.